The predicted octanol–water partition coefficient (Wildman–Crippen LogP) is 5.89. The number of carbonyl (C=O) groups excluding carboxylic acids is 2. The van der Waals surface area contributed by atoms with Gasteiger partial charge in [-0.25, -0.2) is 4.39 Å². The number of allylic oxidation sites excluding steroid dienone is 3. The zero-order chi connectivity index (χ0) is 22.9. The molecule has 2 aliphatic rings. The summed E-state index contributed by atoms with van der Waals surface area (Å²) >= 11 is 1.65. The Balaban J connectivity index is 1.58. The van der Waals surface area contributed by atoms with Gasteiger partial charge in [0, 0.05) is 51.4 Å². The Hall–Kier alpha value is -3.51. The van der Waals surface area contributed by atoms with E-state index in [-0.39, 0.29) is 17.6 Å². The van der Waals surface area contributed by atoms with Crippen molar-refractivity contribution in [2.45, 2.75) is 31.6 Å². The van der Waals surface area contributed by atoms with Crippen LogP contribution >= 0.6 is 11.3 Å². The second-order valence-electron chi connectivity index (χ2n) is 8.41. The van der Waals surface area contributed by atoms with Crippen molar-refractivity contribution >= 4 is 28.7 Å². The Labute approximate surface area is 195 Å². The number of para-hydroxylation sites is 1. The van der Waals surface area contributed by atoms with Crippen LogP contribution in [0.3, 0.4) is 0 Å². The highest BCUT2D eigenvalue weighted by atomic mass is 32.1. The lowest BCUT2D eigenvalue weighted by atomic mass is 9.72. The zero-order valence-electron chi connectivity index (χ0n) is 18.1. The number of carbonyl (C=O) groups is 2. The van der Waals surface area contributed by atoms with Crippen LogP contribution in [-0.2, 0) is 9.59 Å². The fraction of sp³-hybridized carbons (Fsp3) is 0.185. The van der Waals surface area contributed by atoms with E-state index in [0.29, 0.717) is 40.9 Å². The lowest BCUT2D eigenvalue weighted by Crippen LogP contribution is -2.37. The van der Waals surface area contributed by atoms with Gasteiger partial charge in [-0.05, 0) is 54.6 Å². The van der Waals surface area contributed by atoms with Gasteiger partial charge in [0.2, 0.25) is 0 Å². The first-order chi connectivity index (χ1) is 16.0. The van der Waals surface area contributed by atoms with E-state index in [2.05, 4.69) is 16.7 Å². The van der Waals surface area contributed by atoms with Gasteiger partial charge in [0.15, 0.2) is 5.78 Å². The van der Waals surface area contributed by atoms with Crippen molar-refractivity contribution in [3.05, 3.63) is 111 Å². The largest absolute Gasteiger partial charge is 0.362 e. The van der Waals surface area contributed by atoms with E-state index in [1.54, 1.807) is 23.5 Å². The van der Waals surface area contributed by atoms with Crippen LogP contribution in [0, 0.1) is 5.82 Å². The highest BCUT2D eigenvalue weighted by Crippen LogP contribution is 2.46. The third kappa shape index (κ3) is 4.14. The maximum absolute atomic E-state index is 14.2. The van der Waals surface area contributed by atoms with Crippen molar-refractivity contribution in [3.8, 4) is 0 Å². The van der Waals surface area contributed by atoms with Gasteiger partial charge in [0.1, 0.15) is 5.82 Å². The Kier molecular flexibility index (Phi) is 5.68. The van der Waals surface area contributed by atoms with E-state index in [1.807, 2.05) is 48.7 Å². The first-order valence-electron chi connectivity index (χ1n) is 10.9. The topological polar surface area (TPSA) is 58.2 Å². The number of halogens is 1. The standard InChI is InChI=1S/C27H23FN2O2S/c1-16-24(27(32)30-20-9-3-2-4-10-20)25(17-7-5-8-19(28)13-17)26-21(29-16)14-18(15-22(26)31)23-11-6-12-33-23/h2-13,18,25,29H,14-15H2,1H3,(H,30,32)/t18-,25-/m0/s1. The Morgan fingerprint density at radius 3 is 2.61 bits per heavy atom. The van der Waals surface area contributed by atoms with Crippen LogP contribution in [0.15, 0.2) is 94.7 Å². The molecule has 0 bridgehead atoms. The van der Waals surface area contributed by atoms with Crippen LogP contribution in [0.1, 0.15) is 42.0 Å². The highest BCUT2D eigenvalue weighted by molar-refractivity contribution is 7.10. The minimum absolute atomic E-state index is 0.00563. The van der Waals surface area contributed by atoms with Crippen molar-refractivity contribution in [2.75, 3.05) is 5.32 Å². The number of Topliss-reactive ketones (excluding diaryl/α,β-unsaturated/α-hetero) is 1. The molecule has 5 rings (SSSR count). The van der Waals surface area contributed by atoms with E-state index in [4.69, 9.17) is 0 Å². The molecule has 0 unspecified atom stereocenters. The van der Waals surface area contributed by atoms with E-state index in [9.17, 15) is 14.0 Å². The van der Waals surface area contributed by atoms with Crippen molar-refractivity contribution in [3.63, 3.8) is 0 Å². The zero-order valence-corrected chi connectivity index (χ0v) is 18.9. The molecule has 0 saturated carbocycles. The molecule has 1 aliphatic carbocycles. The first-order valence-corrected chi connectivity index (χ1v) is 11.8. The maximum atomic E-state index is 14.2. The Morgan fingerprint density at radius 1 is 1.06 bits per heavy atom. The molecule has 3 aromatic rings. The number of thiophene rings is 1. The van der Waals surface area contributed by atoms with Crippen LogP contribution in [0.2, 0.25) is 0 Å². The van der Waals surface area contributed by atoms with Gasteiger partial charge in [-0.1, -0.05) is 36.4 Å². The molecule has 4 nitrogen and oxygen atoms in total. The molecule has 2 heterocycles. The normalized spacial score (nSPS) is 20.4. The number of rotatable bonds is 4. The number of amides is 1. The number of nitrogens with one attached hydrogen (secondary N) is 2. The SMILES string of the molecule is CC1=C(C(=O)Nc2ccccc2)[C@H](c2cccc(F)c2)C2=C(C[C@H](c3cccs3)CC2=O)N1. The van der Waals surface area contributed by atoms with Crippen LogP contribution in [-0.4, -0.2) is 11.7 Å². The third-order valence-electron chi connectivity index (χ3n) is 6.23. The molecular weight excluding hydrogens is 435 g/mol. The van der Waals surface area contributed by atoms with Gasteiger partial charge in [-0.15, -0.1) is 11.3 Å². The Morgan fingerprint density at radius 2 is 1.88 bits per heavy atom. The summed E-state index contributed by atoms with van der Waals surface area (Å²) in [7, 11) is 0. The predicted molar refractivity (Wildman–Crippen MR) is 128 cm³/mol. The highest BCUT2D eigenvalue weighted by Gasteiger charge is 2.41. The number of dihydropyridines is 1. The van der Waals surface area contributed by atoms with Gasteiger partial charge >= 0.3 is 0 Å². The number of hydrogen-bond acceptors (Lipinski definition) is 4. The minimum Gasteiger partial charge on any atom is -0.362 e. The van der Waals surface area contributed by atoms with Crippen molar-refractivity contribution in [2.24, 2.45) is 0 Å². The van der Waals surface area contributed by atoms with E-state index in [0.717, 1.165) is 5.70 Å². The van der Waals surface area contributed by atoms with E-state index < -0.39 is 11.7 Å². The van der Waals surface area contributed by atoms with Gasteiger partial charge in [0.05, 0.1) is 0 Å². The van der Waals surface area contributed by atoms with E-state index in [1.165, 1.54) is 17.0 Å². The number of benzene rings is 2. The molecule has 166 valence electrons. The average Bonchev–Trinajstić information content (AvgIpc) is 3.33. The molecule has 2 aromatic carbocycles. The molecule has 0 spiro atoms. The smallest absolute Gasteiger partial charge is 0.254 e. The lowest BCUT2D eigenvalue weighted by Gasteiger charge is -2.36. The summed E-state index contributed by atoms with van der Waals surface area (Å²) in [6, 6.07) is 19.4. The second-order valence-corrected chi connectivity index (χ2v) is 9.39. The second kappa shape index (κ2) is 8.79. The summed E-state index contributed by atoms with van der Waals surface area (Å²) in [5, 5.41) is 8.31. The van der Waals surface area contributed by atoms with Crippen molar-refractivity contribution in [1.82, 2.24) is 5.32 Å². The fourth-order valence-electron chi connectivity index (χ4n) is 4.80. The molecule has 33 heavy (non-hydrogen) atoms. The monoisotopic (exact) mass is 458 g/mol. The van der Waals surface area contributed by atoms with Gasteiger partial charge < -0.3 is 10.6 Å². The summed E-state index contributed by atoms with van der Waals surface area (Å²) in [5.74, 6) is -1.23. The number of hydrogen-bond donors (Lipinski definition) is 2. The molecule has 2 atom stereocenters. The minimum atomic E-state index is -0.627. The molecule has 0 fully saturated rings. The molecule has 2 N–H and O–H groups in total. The number of ketones is 1. The number of anilines is 1. The van der Waals surface area contributed by atoms with Crippen molar-refractivity contribution < 1.29 is 14.0 Å². The lowest BCUT2D eigenvalue weighted by molar-refractivity contribution is -0.116. The molecule has 1 amide bonds. The molecular formula is C27H23FN2O2S. The molecule has 0 saturated heterocycles. The summed E-state index contributed by atoms with van der Waals surface area (Å²) in [6.07, 6.45) is 1.05. The van der Waals surface area contributed by atoms with Gasteiger partial charge in [-0.2, -0.15) is 0 Å². The van der Waals surface area contributed by atoms with Gasteiger partial charge in [0.25, 0.3) is 5.91 Å². The van der Waals surface area contributed by atoms with Crippen LogP contribution in [0.5, 0.6) is 0 Å². The summed E-state index contributed by atoms with van der Waals surface area (Å²) < 4.78 is 14.2. The maximum Gasteiger partial charge on any atom is 0.254 e. The Bertz CT molecular complexity index is 1280. The molecule has 1 aliphatic heterocycles. The summed E-state index contributed by atoms with van der Waals surface area (Å²) in [6.45, 7) is 1.84. The molecule has 0 radical (unpaired) electrons. The van der Waals surface area contributed by atoms with E-state index >= 15 is 0 Å². The quantitative estimate of drug-likeness (QED) is 0.513. The van der Waals surface area contributed by atoms with Crippen molar-refractivity contribution in [1.29, 1.82) is 0 Å². The summed E-state index contributed by atoms with van der Waals surface area (Å²) in [5.41, 5.74) is 3.77. The van der Waals surface area contributed by atoms with Crippen LogP contribution in [0.25, 0.3) is 0 Å². The summed E-state index contributed by atoms with van der Waals surface area (Å²) in [4.78, 5) is 28.1. The average molecular weight is 459 g/mol. The molecule has 6 heteroatoms. The van der Waals surface area contributed by atoms with Gasteiger partial charge in [-0.3, -0.25) is 9.59 Å². The van der Waals surface area contributed by atoms with Crippen LogP contribution < -0.4 is 10.6 Å². The fourth-order valence-corrected chi connectivity index (χ4v) is 5.63. The third-order valence-corrected chi connectivity index (χ3v) is 7.27. The first kappa shape index (κ1) is 21.3. The van der Waals surface area contributed by atoms with Crippen LogP contribution in [0.4, 0.5) is 10.1 Å². The molecule has 1 aromatic heterocycles.